The molecular weight excluding hydrogens is 378 g/mol. The number of rotatable bonds is 7. The second-order valence-electron chi connectivity index (χ2n) is 7.63. The van der Waals surface area contributed by atoms with E-state index in [2.05, 4.69) is 62.5 Å². The van der Waals surface area contributed by atoms with Crippen molar-refractivity contribution in [2.75, 3.05) is 22.6 Å². The van der Waals surface area contributed by atoms with Crippen LogP contribution in [0.1, 0.15) is 45.2 Å². The van der Waals surface area contributed by atoms with Gasteiger partial charge < -0.3 is 20.3 Å². The molecule has 2 aromatic carbocycles. The molecule has 0 atom stereocenters. The Labute approximate surface area is 181 Å². The summed E-state index contributed by atoms with van der Waals surface area (Å²) in [6.45, 7) is 12.5. The second kappa shape index (κ2) is 10.3. The normalized spacial score (nSPS) is 11.4. The standard InChI is InChI=1S/C24H33N3OS/c1-8-17(4)15-27(7)22-11-9-10-20(19(22)6)25-24(29)26-21-14-18(5)12-13-23(21)28-16(2)3/h9-16H,8H2,1-7H3,(H2,25,26,29). The molecule has 0 unspecified atom stereocenters. The molecule has 0 aliphatic rings. The predicted octanol–water partition coefficient (Wildman–Crippen LogP) is 6.65. The molecule has 0 fully saturated rings. The minimum absolute atomic E-state index is 0.0916. The van der Waals surface area contributed by atoms with E-state index < -0.39 is 0 Å². The highest BCUT2D eigenvalue weighted by Crippen LogP contribution is 2.29. The van der Waals surface area contributed by atoms with Gasteiger partial charge in [0.25, 0.3) is 0 Å². The largest absolute Gasteiger partial charge is 0.489 e. The zero-order valence-corrected chi connectivity index (χ0v) is 19.4. The summed E-state index contributed by atoms with van der Waals surface area (Å²) >= 11 is 5.59. The van der Waals surface area contributed by atoms with Gasteiger partial charge >= 0.3 is 0 Å². The highest BCUT2D eigenvalue weighted by Gasteiger charge is 2.11. The summed E-state index contributed by atoms with van der Waals surface area (Å²) in [6, 6.07) is 12.3. The van der Waals surface area contributed by atoms with Gasteiger partial charge in [0.2, 0.25) is 0 Å². The van der Waals surface area contributed by atoms with Gasteiger partial charge in [-0.2, -0.15) is 0 Å². The molecule has 5 heteroatoms. The summed E-state index contributed by atoms with van der Waals surface area (Å²) in [6.07, 6.45) is 3.30. The molecule has 2 aromatic rings. The topological polar surface area (TPSA) is 36.5 Å². The Hall–Kier alpha value is -2.53. The lowest BCUT2D eigenvalue weighted by molar-refractivity contribution is 0.244. The van der Waals surface area contributed by atoms with E-state index in [9.17, 15) is 0 Å². The van der Waals surface area contributed by atoms with Crippen LogP contribution in [0.15, 0.2) is 48.2 Å². The van der Waals surface area contributed by atoms with E-state index >= 15 is 0 Å². The molecule has 0 heterocycles. The number of anilines is 3. The molecule has 29 heavy (non-hydrogen) atoms. The van der Waals surface area contributed by atoms with E-state index in [0.29, 0.717) is 5.11 Å². The fourth-order valence-corrected chi connectivity index (χ4v) is 3.23. The maximum Gasteiger partial charge on any atom is 0.175 e. The second-order valence-corrected chi connectivity index (χ2v) is 8.04. The van der Waals surface area contributed by atoms with E-state index in [4.69, 9.17) is 17.0 Å². The maximum atomic E-state index is 5.91. The number of hydrogen-bond acceptors (Lipinski definition) is 3. The van der Waals surface area contributed by atoms with Gasteiger partial charge in [-0.1, -0.05) is 24.6 Å². The number of thiocarbonyl (C=S) groups is 1. The SMILES string of the molecule is CCC(C)=CN(C)c1cccc(NC(=S)Nc2cc(C)ccc2OC(C)C)c1C. The van der Waals surface area contributed by atoms with Gasteiger partial charge in [0.1, 0.15) is 5.75 Å². The predicted molar refractivity (Wildman–Crippen MR) is 130 cm³/mol. The van der Waals surface area contributed by atoms with Crippen molar-refractivity contribution in [2.45, 2.75) is 54.1 Å². The Kier molecular flexibility index (Phi) is 8.09. The van der Waals surface area contributed by atoms with Crippen molar-refractivity contribution in [3.63, 3.8) is 0 Å². The lowest BCUT2D eigenvalue weighted by Gasteiger charge is -2.22. The molecule has 0 amide bonds. The third-order valence-electron chi connectivity index (χ3n) is 4.65. The van der Waals surface area contributed by atoms with Crippen molar-refractivity contribution in [3.05, 3.63) is 59.3 Å². The highest BCUT2D eigenvalue weighted by molar-refractivity contribution is 7.80. The third kappa shape index (κ3) is 6.50. The maximum absolute atomic E-state index is 5.91. The smallest absolute Gasteiger partial charge is 0.175 e. The molecular formula is C24H33N3OS. The molecule has 2 rings (SSSR count). The third-order valence-corrected chi connectivity index (χ3v) is 4.86. The van der Waals surface area contributed by atoms with Crippen molar-refractivity contribution in [3.8, 4) is 5.75 Å². The van der Waals surface area contributed by atoms with Crippen LogP contribution in [-0.2, 0) is 0 Å². The minimum atomic E-state index is 0.0916. The number of nitrogens with zero attached hydrogens (tertiary/aromatic N) is 1. The number of nitrogens with one attached hydrogen (secondary N) is 2. The number of hydrogen-bond donors (Lipinski definition) is 2. The Morgan fingerprint density at radius 1 is 1.14 bits per heavy atom. The molecule has 0 radical (unpaired) electrons. The average Bonchev–Trinajstić information content (AvgIpc) is 2.65. The highest BCUT2D eigenvalue weighted by atomic mass is 32.1. The average molecular weight is 412 g/mol. The molecule has 4 nitrogen and oxygen atoms in total. The van der Waals surface area contributed by atoms with Crippen LogP contribution in [0.4, 0.5) is 17.1 Å². The first-order valence-corrected chi connectivity index (χ1v) is 10.5. The fraction of sp³-hybridized carbons (Fsp3) is 0.375. The van der Waals surface area contributed by atoms with Gasteiger partial charge in [0, 0.05) is 24.6 Å². The van der Waals surface area contributed by atoms with Crippen molar-refractivity contribution in [1.29, 1.82) is 0 Å². The molecule has 0 spiro atoms. The van der Waals surface area contributed by atoms with E-state index in [-0.39, 0.29) is 6.10 Å². The van der Waals surface area contributed by atoms with E-state index in [1.54, 1.807) is 0 Å². The Balaban J connectivity index is 2.20. The zero-order chi connectivity index (χ0) is 21.6. The molecule has 0 aromatic heterocycles. The van der Waals surface area contributed by atoms with Crippen molar-refractivity contribution >= 4 is 34.4 Å². The summed E-state index contributed by atoms with van der Waals surface area (Å²) in [5, 5.41) is 7.17. The minimum Gasteiger partial charge on any atom is -0.489 e. The van der Waals surface area contributed by atoms with Crippen LogP contribution in [-0.4, -0.2) is 18.3 Å². The molecule has 0 aliphatic heterocycles. The van der Waals surface area contributed by atoms with Crippen LogP contribution >= 0.6 is 12.2 Å². The lowest BCUT2D eigenvalue weighted by atomic mass is 10.1. The van der Waals surface area contributed by atoms with Gasteiger partial charge in [-0.3, -0.25) is 0 Å². The van der Waals surface area contributed by atoms with Gasteiger partial charge in [0.15, 0.2) is 5.11 Å². The summed E-state index contributed by atoms with van der Waals surface area (Å²) < 4.78 is 5.91. The monoisotopic (exact) mass is 411 g/mol. The van der Waals surface area contributed by atoms with Crippen LogP contribution in [0.2, 0.25) is 0 Å². The first kappa shape index (κ1) is 22.8. The molecule has 0 aliphatic carbocycles. The molecule has 2 N–H and O–H groups in total. The number of allylic oxidation sites excluding steroid dienone is 1. The Bertz CT molecular complexity index is 890. The Morgan fingerprint density at radius 3 is 2.48 bits per heavy atom. The van der Waals surface area contributed by atoms with Crippen LogP contribution < -0.4 is 20.3 Å². The molecule has 0 bridgehead atoms. The van der Waals surface area contributed by atoms with Gasteiger partial charge in [0.05, 0.1) is 11.8 Å². The summed E-state index contributed by atoms with van der Waals surface area (Å²) in [5.74, 6) is 0.792. The van der Waals surface area contributed by atoms with Crippen LogP contribution in [0.3, 0.4) is 0 Å². The van der Waals surface area contributed by atoms with Crippen molar-refractivity contribution in [1.82, 2.24) is 0 Å². The molecule has 156 valence electrons. The quantitative estimate of drug-likeness (QED) is 0.499. The number of ether oxygens (including phenoxy) is 1. The first-order valence-electron chi connectivity index (χ1n) is 10.1. The van der Waals surface area contributed by atoms with Gasteiger partial charge in [-0.05, 0) is 88.6 Å². The Morgan fingerprint density at radius 2 is 1.83 bits per heavy atom. The lowest BCUT2D eigenvalue weighted by Crippen LogP contribution is -2.21. The molecule has 0 saturated carbocycles. The number of benzene rings is 2. The van der Waals surface area contributed by atoms with Gasteiger partial charge in [-0.25, -0.2) is 0 Å². The first-order chi connectivity index (χ1) is 13.7. The van der Waals surface area contributed by atoms with Crippen molar-refractivity contribution < 1.29 is 4.74 Å². The van der Waals surface area contributed by atoms with E-state index in [1.807, 2.05) is 44.2 Å². The molecule has 0 saturated heterocycles. The van der Waals surface area contributed by atoms with E-state index in [0.717, 1.165) is 40.4 Å². The number of aryl methyl sites for hydroxylation is 1. The summed E-state index contributed by atoms with van der Waals surface area (Å²) in [7, 11) is 2.07. The summed E-state index contributed by atoms with van der Waals surface area (Å²) in [4.78, 5) is 2.16. The van der Waals surface area contributed by atoms with Gasteiger partial charge in [-0.15, -0.1) is 0 Å². The van der Waals surface area contributed by atoms with E-state index in [1.165, 1.54) is 5.57 Å². The fourth-order valence-electron chi connectivity index (χ4n) is 3.01. The van der Waals surface area contributed by atoms with Crippen LogP contribution in [0, 0.1) is 13.8 Å². The summed E-state index contributed by atoms with van der Waals surface area (Å²) in [5.41, 5.74) is 6.60. The zero-order valence-electron chi connectivity index (χ0n) is 18.6. The van der Waals surface area contributed by atoms with Crippen LogP contribution in [0.25, 0.3) is 0 Å². The van der Waals surface area contributed by atoms with Crippen molar-refractivity contribution in [2.24, 2.45) is 0 Å². The van der Waals surface area contributed by atoms with Crippen LogP contribution in [0.5, 0.6) is 5.75 Å².